The van der Waals surface area contributed by atoms with Gasteiger partial charge in [0.2, 0.25) is 0 Å². The van der Waals surface area contributed by atoms with Crippen molar-refractivity contribution in [3.8, 4) is 5.75 Å². The van der Waals surface area contributed by atoms with Gasteiger partial charge < -0.3 is 10.1 Å². The van der Waals surface area contributed by atoms with Crippen molar-refractivity contribution in [2.24, 2.45) is 0 Å². The van der Waals surface area contributed by atoms with Crippen molar-refractivity contribution in [2.45, 2.75) is 45.6 Å². The average molecular weight is 239 g/mol. The second kappa shape index (κ2) is 7.15. The number of benzene rings is 1. The third-order valence-corrected chi connectivity index (χ3v) is 2.88. The number of rotatable bonds is 7. The van der Waals surface area contributed by atoms with E-state index in [0.29, 0.717) is 11.8 Å². The minimum atomic E-state index is -0.266. The topological polar surface area (TPSA) is 21.3 Å². The van der Waals surface area contributed by atoms with Crippen LogP contribution >= 0.6 is 0 Å². The van der Waals surface area contributed by atoms with E-state index in [1.807, 2.05) is 6.07 Å². The third-order valence-electron chi connectivity index (χ3n) is 2.88. The van der Waals surface area contributed by atoms with E-state index < -0.39 is 0 Å². The molecule has 0 radical (unpaired) electrons. The molecule has 0 aromatic heterocycles. The van der Waals surface area contributed by atoms with Crippen LogP contribution in [0.3, 0.4) is 0 Å². The van der Waals surface area contributed by atoms with E-state index in [-0.39, 0.29) is 5.82 Å². The van der Waals surface area contributed by atoms with Crippen molar-refractivity contribution in [1.29, 1.82) is 0 Å². The van der Waals surface area contributed by atoms with Crippen LogP contribution in [-0.4, -0.2) is 13.2 Å². The Hall–Kier alpha value is -1.25. The van der Waals surface area contributed by atoms with Crippen molar-refractivity contribution < 1.29 is 9.13 Å². The van der Waals surface area contributed by atoms with Gasteiger partial charge >= 0.3 is 0 Å². The first-order valence-electron chi connectivity index (χ1n) is 6.30. The molecule has 0 bridgehead atoms. The van der Waals surface area contributed by atoms with E-state index in [9.17, 15) is 4.39 Å². The van der Waals surface area contributed by atoms with Gasteiger partial charge in [-0.15, -0.1) is 0 Å². The molecule has 17 heavy (non-hydrogen) atoms. The van der Waals surface area contributed by atoms with E-state index in [1.54, 1.807) is 7.11 Å². The Labute approximate surface area is 103 Å². The lowest BCUT2D eigenvalue weighted by Gasteiger charge is -2.18. The molecule has 3 heteroatoms. The Bertz CT molecular complexity index is 341. The van der Waals surface area contributed by atoms with Gasteiger partial charge in [0.05, 0.1) is 7.11 Å². The summed E-state index contributed by atoms with van der Waals surface area (Å²) in [5, 5.41) is 3.36. The quantitative estimate of drug-likeness (QED) is 0.769. The van der Waals surface area contributed by atoms with Crippen LogP contribution in [0.5, 0.6) is 5.75 Å². The zero-order valence-corrected chi connectivity index (χ0v) is 10.9. The Balaban J connectivity index is 2.68. The Kier molecular flexibility index (Phi) is 5.81. The number of hydrogen-bond donors (Lipinski definition) is 1. The van der Waals surface area contributed by atoms with Gasteiger partial charge in [-0.05, 0) is 18.9 Å². The smallest absolute Gasteiger partial charge is 0.128 e. The van der Waals surface area contributed by atoms with Crippen LogP contribution in [0.1, 0.15) is 39.5 Å². The third kappa shape index (κ3) is 4.63. The van der Waals surface area contributed by atoms with Crippen molar-refractivity contribution >= 4 is 5.69 Å². The van der Waals surface area contributed by atoms with E-state index >= 15 is 0 Å². The number of anilines is 1. The highest BCUT2D eigenvalue weighted by Crippen LogP contribution is 2.21. The molecule has 0 heterocycles. The van der Waals surface area contributed by atoms with Crippen LogP contribution in [0.25, 0.3) is 0 Å². The van der Waals surface area contributed by atoms with Crippen molar-refractivity contribution in [1.82, 2.24) is 0 Å². The predicted octanol–water partition coefficient (Wildman–Crippen LogP) is 4.22. The molecular formula is C14H22FNO. The summed E-state index contributed by atoms with van der Waals surface area (Å²) in [6.45, 7) is 4.32. The maximum atomic E-state index is 13.3. The lowest BCUT2D eigenvalue weighted by atomic mass is 10.1. The summed E-state index contributed by atoms with van der Waals surface area (Å²) in [4.78, 5) is 0. The van der Waals surface area contributed by atoms with Gasteiger partial charge in [-0.1, -0.05) is 26.7 Å². The van der Waals surface area contributed by atoms with Crippen molar-refractivity contribution in [3.05, 3.63) is 24.0 Å². The number of ether oxygens (including phenoxy) is 1. The maximum Gasteiger partial charge on any atom is 0.128 e. The van der Waals surface area contributed by atoms with Crippen LogP contribution in [0, 0.1) is 5.82 Å². The molecule has 1 N–H and O–H groups in total. The highest BCUT2D eigenvalue weighted by molar-refractivity contribution is 5.49. The first kappa shape index (κ1) is 13.8. The fraction of sp³-hybridized carbons (Fsp3) is 0.571. The Morgan fingerprint density at radius 2 is 2.06 bits per heavy atom. The highest BCUT2D eigenvalue weighted by Gasteiger charge is 2.07. The van der Waals surface area contributed by atoms with Crippen LogP contribution in [0.15, 0.2) is 18.2 Å². The fourth-order valence-corrected chi connectivity index (χ4v) is 1.83. The fourth-order valence-electron chi connectivity index (χ4n) is 1.83. The number of hydrogen-bond acceptors (Lipinski definition) is 2. The number of halogens is 1. The summed E-state index contributed by atoms with van der Waals surface area (Å²) in [5.41, 5.74) is 0.796. The maximum absolute atomic E-state index is 13.3. The van der Waals surface area contributed by atoms with Crippen molar-refractivity contribution in [3.63, 3.8) is 0 Å². The van der Waals surface area contributed by atoms with E-state index in [4.69, 9.17) is 4.74 Å². The minimum absolute atomic E-state index is 0.266. The van der Waals surface area contributed by atoms with E-state index in [1.165, 1.54) is 25.0 Å². The molecule has 96 valence electrons. The van der Waals surface area contributed by atoms with Gasteiger partial charge in [0.25, 0.3) is 0 Å². The van der Waals surface area contributed by atoms with Gasteiger partial charge in [-0.25, -0.2) is 4.39 Å². The zero-order valence-electron chi connectivity index (χ0n) is 10.9. The molecule has 0 aliphatic heterocycles. The molecule has 1 unspecified atom stereocenters. The summed E-state index contributed by atoms with van der Waals surface area (Å²) >= 11 is 0. The SMILES string of the molecule is CCCCC(CC)Nc1cc(F)cc(OC)c1. The van der Waals surface area contributed by atoms with Crippen LogP contribution in [0.4, 0.5) is 10.1 Å². The zero-order chi connectivity index (χ0) is 12.7. The molecule has 0 aliphatic carbocycles. The normalized spacial score (nSPS) is 12.2. The summed E-state index contributed by atoms with van der Waals surface area (Å²) in [7, 11) is 1.55. The number of methoxy groups -OCH3 is 1. The molecule has 1 atom stereocenters. The Morgan fingerprint density at radius 1 is 1.29 bits per heavy atom. The molecular weight excluding hydrogens is 217 g/mol. The second-order valence-corrected chi connectivity index (χ2v) is 4.27. The van der Waals surface area contributed by atoms with Crippen molar-refractivity contribution in [2.75, 3.05) is 12.4 Å². The Morgan fingerprint density at radius 3 is 2.65 bits per heavy atom. The number of unbranched alkanes of at least 4 members (excludes halogenated alkanes) is 1. The standard InChI is InChI=1S/C14H22FNO/c1-4-6-7-12(5-2)16-13-8-11(15)9-14(10-13)17-3/h8-10,12,16H,4-7H2,1-3H3. The lowest BCUT2D eigenvalue weighted by Crippen LogP contribution is -2.18. The lowest BCUT2D eigenvalue weighted by molar-refractivity contribution is 0.411. The second-order valence-electron chi connectivity index (χ2n) is 4.27. The van der Waals surface area contributed by atoms with Gasteiger partial charge in [0.1, 0.15) is 11.6 Å². The summed E-state index contributed by atoms with van der Waals surface area (Å²) in [6, 6.07) is 5.13. The average Bonchev–Trinajstić information content (AvgIpc) is 2.33. The van der Waals surface area contributed by atoms with Gasteiger partial charge in [-0.3, -0.25) is 0 Å². The molecule has 0 fully saturated rings. The van der Waals surface area contributed by atoms with Crippen LogP contribution in [-0.2, 0) is 0 Å². The molecule has 1 rings (SSSR count). The molecule has 0 spiro atoms. The van der Waals surface area contributed by atoms with Gasteiger partial charge in [0, 0.05) is 23.9 Å². The predicted molar refractivity (Wildman–Crippen MR) is 70.2 cm³/mol. The summed E-state index contributed by atoms with van der Waals surface area (Å²) in [6.07, 6.45) is 4.53. The van der Waals surface area contributed by atoms with Crippen LogP contribution < -0.4 is 10.1 Å². The summed E-state index contributed by atoms with van der Waals surface area (Å²) in [5.74, 6) is 0.287. The molecule has 1 aromatic carbocycles. The first-order chi connectivity index (χ1) is 8.19. The van der Waals surface area contributed by atoms with Crippen LogP contribution in [0.2, 0.25) is 0 Å². The van der Waals surface area contributed by atoms with Gasteiger partial charge in [-0.2, -0.15) is 0 Å². The van der Waals surface area contributed by atoms with Gasteiger partial charge in [0.15, 0.2) is 0 Å². The molecule has 0 saturated carbocycles. The molecule has 1 aromatic rings. The molecule has 0 saturated heterocycles. The first-order valence-corrected chi connectivity index (χ1v) is 6.30. The highest BCUT2D eigenvalue weighted by atomic mass is 19.1. The monoisotopic (exact) mass is 239 g/mol. The molecule has 0 amide bonds. The number of nitrogens with one attached hydrogen (secondary N) is 1. The van der Waals surface area contributed by atoms with E-state index in [2.05, 4.69) is 19.2 Å². The molecule has 0 aliphatic rings. The van der Waals surface area contributed by atoms with E-state index in [0.717, 1.165) is 18.5 Å². The largest absolute Gasteiger partial charge is 0.497 e. The minimum Gasteiger partial charge on any atom is -0.497 e. The summed E-state index contributed by atoms with van der Waals surface area (Å²) < 4.78 is 18.4. The molecule has 2 nitrogen and oxygen atoms in total.